The van der Waals surface area contributed by atoms with Crippen LogP contribution in [0.3, 0.4) is 0 Å². The van der Waals surface area contributed by atoms with Crippen molar-refractivity contribution in [2.45, 2.75) is 109 Å². The molecule has 0 saturated carbocycles. The van der Waals surface area contributed by atoms with E-state index in [0.29, 0.717) is 13.0 Å². The Kier molecular flexibility index (Phi) is 8.36. The lowest BCUT2D eigenvalue weighted by Crippen LogP contribution is -2.60. The molecular weight excluding hydrogens is 458 g/mol. The average Bonchev–Trinajstić information content (AvgIpc) is 3.04. The summed E-state index contributed by atoms with van der Waals surface area (Å²) in [4.78, 5) is 31.4. The topological polar surface area (TPSA) is 83.5 Å². The fourth-order valence-corrected chi connectivity index (χ4v) is 6.66. The van der Waals surface area contributed by atoms with E-state index < -0.39 is 46.6 Å². The molecule has 0 bridgehead atoms. The van der Waals surface area contributed by atoms with Crippen molar-refractivity contribution >= 4 is 28.6 Å². The van der Waals surface area contributed by atoms with Gasteiger partial charge in [0.2, 0.25) is 0 Å². The Balaban J connectivity index is 2.46. The largest absolute Gasteiger partial charge is 0.469 e. The number of hydrogen-bond acceptors (Lipinski definition) is 8. The molecule has 10 heteroatoms. The molecule has 2 aliphatic heterocycles. The molecule has 8 nitrogen and oxygen atoms in total. The Morgan fingerprint density at radius 3 is 1.79 bits per heavy atom. The first-order valence-electron chi connectivity index (χ1n) is 11.8. The molecule has 0 aromatic carbocycles. The summed E-state index contributed by atoms with van der Waals surface area (Å²) < 4.78 is 23.6. The maximum absolute atomic E-state index is 12.8. The zero-order valence-corrected chi connectivity index (χ0v) is 24.6. The number of esters is 2. The summed E-state index contributed by atoms with van der Waals surface area (Å²) in [5, 5.41) is 1.75. The lowest BCUT2D eigenvalue weighted by atomic mass is 9.86. The molecule has 2 fully saturated rings. The minimum absolute atomic E-state index is 0.0208. The third-order valence-corrected chi connectivity index (χ3v) is 17.0. The van der Waals surface area contributed by atoms with Crippen LogP contribution in [-0.4, -0.2) is 78.8 Å². The Morgan fingerprint density at radius 2 is 1.33 bits per heavy atom. The first kappa shape index (κ1) is 28.5. The molecule has 0 unspecified atom stereocenters. The smallest absolute Gasteiger partial charge is 0.338 e. The van der Waals surface area contributed by atoms with E-state index in [1.165, 1.54) is 14.2 Å². The van der Waals surface area contributed by atoms with Crippen molar-refractivity contribution in [3.63, 3.8) is 0 Å². The van der Waals surface area contributed by atoms with Crippen LogP contribution in [-0.2, 0) is 32.8 Å². The maximum atomic E-state index is 12.8. The summed E-state index contributed by atoms with van der Waals surface area (Å²) in [5.41, 5.74) is 0. The van der Waals surface area contributed by atoms with Gasteiger partial charge >= 0.3 is 11.9 Å². The highest BCUT2D eigenvalue weighted by Gasteiger charge is 2.59. The predicted octanol–water partition coefficient (Wildman–Crippen LogP) is 4.12. The molecule has 0 amide bonds. The summed E-state index contributed by atoms with van der Waals surface area (Å²) in [5.74, 6) is -1.91. The maximum Gasteiger partial charge on any atom is 0.338 e. The van der Waals surface area contributed by atoms with E-state index in [0.717, 1.165) is 0 Å². The Labute approximate surface area is 201 Å². The quantitative estimate of drug-likeness (QED) is 0.395. The number of piperidine rings is 1. The van der Waals surface area contributed by atoms with Crippen LogP contribution in [0.4, 0.5) is 0 Å². The van der Waals surface area contributed by atoms with E-state index in [2.05, 4.69) is 67.7 Å². The van der Waals surface area contributed by atoms with Crippen molar-refractivity contribution in [1.82, 2.24) is 5.06 Å². The van der Waals surface area contributed by atoms with Crippen LogP contribution in [0.25, 0.3) is 0 Å². The average molecular weight is 504 g/mol. The molecule has 0 spiro atoms. The fourth-order valence-electron chi connectivity index (χ4n) is 3.95. The normalized spacial score (nSPS) is 29.5. The summed E-state index contributed by atoms with van der Waals surface area (Å²) in [6, 6.07) is -0.449. The Hall–Kier alpha value is -0.786. The van der Waals surface area contributed by atoms with Crippen LogP contribution >= 0.6 is 0 Å². The van der Waals surface area contributed by atoms with Crippen LogP contribution in [0.15, 0.2) is 0 Å². The number of carbonyl (C=O) groups excluding carboxylic acids is 2. The Morgan fingerprint density at radius 1 is 0.848 bits per heavy atom. The van der Waals surface area contributed by atoms with Gasteiger partial charge in [0.1, 0.15) is 5.92 Å². The van der Waals surface area contributed by atoms with Crippen LogP contribution in [0, 0.1) is 5.92 Å². The number of nitrogens with zero attached hydrogens (tertiary/aromatic N) is 1. The van der Waals surface area contributed by atoms with Gasteiger partial charge in [0, 0.05) is 13.0 Å². The zero-order chi connectivity index (χ0) is 25.6. The lowest BCUT2D eigenvalue weighted by molar-refractivity contribution is -0.213. The minimum atomic E-state index is -2.20. The first-order chi connectivity index (χ1) is 14.9. The number of hydroxylamine groups is 2. The third-order valence-electron chi connectivity index (χ3n) is 7.96. The second kappa shape index (κ2) is 9.69. The van der Waals surface area contributed by atoms with Gasteiger partial charge in [0.15, 0.2) is 22.7 Å². The second-order valence-electron chi connectivity index (χ2n) is 12.3. The van der Waals surface area contributed by atoms with Gasteiger partial charge in [0.05, 0.1) is 32.5 Å². The van der Waals surface area contributed by atoms with E-state index in [4.69, 9.17) is 23.2 Å². The standard InChI is InChI=1S/C23H45NO7Si2/c1-22(2,3)32(9,10)30-15-13-16(31-33(11,12)23(4,5)6)18-17(20(25)27-7)19(21(26)28-8)29-24(18)14-15/h15-19H,13-14H2,1-12H3/t15-,16-,17-,18-,19+/m1/s1. The SMILES string of the molecule is COC(=O)[C@@H]1[C@H]2[C@H](O[Si](C)(C)C(C)(C)C)C[C@@H](O[Si](C)(C)C(C)(C)C)CN2O[C@@H]1C(=O)OC. The summed E-state index contributed by atoms with van der Waals surface area (Å²) in [6.07, 6.45) is -0.908. The van der Waals surface area contributed by atoms with Crippen molar-refractivity contribution in [3.8, 4) is 0 Å². The molecule has 0 aromatic heterocycles. The zero-order valence-electron chi connectivity index (χ0n) is 22.6. The van der Waals surface area contributed by atoms with E-state index in [1.54, 1.807) is 5.06 Å². The highest BCUT2D eigenvalue weighted by atomic mass is 28.4. The highest BCUT2D eigenvalue weighted by molar-refractivity contribution is 6.74. The number of rotatable bonds is 6. The number of carbonyl (C=O) groups is 2. The number of fused-ring (bicyclic) bond motifs is 1. The molecule has 2 aliphatic rings. The number of methoxy groups -OCH3 is 2. The van der Waals surface area contributed by atoms with Gasteiger partial charge in [0.25, 0.3) is 0 Å². The molecule has 2 rings (SSSR count). The molecule has 0 aromatic rings. The highest BCUT2D eigenvalue weighted by Crippen LogP contribution is 2.45. The molecule has 0 aliphatic carbocycles. The Bertz CT molecular complexity index is 729. The van der Waals surface area contributed by atoms with Gasteiger partial charge in [-0.25, -0.2) is 4.79 Å². The van der Waals surface area contributed by atoms with E-state index in [1.807, 2.05) is 0 Å². The van der Waals surface area contributed by atoms with Crippen molar-refractivity contribution in [2.75, 3.05) is 20.8 Å². The monoisotopic (exact) mass is 503 g/mol. The van der Waals surface area contributed by atoms with E-state index in [-0.39, 0.29) is 22.3 Å². The molecule has 2 saturated heterocycles. The molecule has 2 heterocycles. The fraction of sp³-hybridized carbons (Fsp3) is 0.913. The van der Waals surface area contributed by atoms with E-state index in [9.17, 15) is 9.59 Å². The lowest BCUT2D eigenvalue weighted by Gasteiger charge is -2.48. The van der Waals surface area contributed by atoms with Crippen LogP contribution < -0.4 is 0 Å². The molecule has 0 N–H and O–H groups in total. The van der Waals surface area contributed by atoms with Gasteiger partial charge in [-0.1, -0.05) is 41.5 Å². The molecule has 192 valence electrons. The summed E-state index contributed by atoms with van der Waals surface area (Å²) >= 11 is 0. The number of ether oxygens (including phenoxy) is 2. The molecule has 0 radical (unpaired) electrons. The van der Waals surface area contributed by atoms with Gasteiger partial charge in [-0.05, 0) is 36.3 Å². The third kappa shape index (κ3) is 5.90. The summed E-state index contributed by atoms with van der Waals surface area (Å²) in [7, 11) is -1.64. The van der Waals surface area contributed by atoms with Crippen molar-refractivity contribution < 1.29 is 32.8 Å². The van der Waals surface area contributed by atoms with Gasteiger partial charge < -0.3 is 18.3 Å². The second-order valence-corrected chi connectivity index (χ2v) is 21.9. The van der Waals surface area contributed by atoms with Crippen LogP contribution in [0.2, 0.25) is 36.3 Å². The molecule has 33 heavy (non-hydrogen) atoms. The first-order valence-corrected chi connectivity index (χ1v) is 17.6. The van der Waals surface area contributed by atoms with Crippen LogP contribution in [0.1, 0.15) is 48.0 Å². The summed E-state index contributed by atoms with van der Waals surface area (Å²) in [6.45, 7) is 22.5. The van der Waals surface area contributed by atoms with Crippen molar-refractivity contribution in [3.05, 3.63) is 0 Å². The molecular formula is C23H45NO7Si2. The van der Waals surface area contributed by atoms with E-state index >= 15 is 0 Å². The van der Waals surface area contributed by atoms with Gasteiger partial charge in [-0.15, -0.1) is 0 Å². The minimum Gasteiger partial charge on any atom is -0.469 e. The van der Waals surface area contributed by atoms with Crippen molar-refractivity contribution in [2.24, 2.45) is 5.92 Å². The predicted molar refractivity (Wildman–Crippen MR) is 132 cm³/mol. The van der Waals surface area contributed by atoms with Gasteiger partial charge in [-0.2, -0.15) is 5.06 Å². The van der Waals surface area contributed by atoms with Crippen LogP contribution in [0.5, 0.6) is 0 Å². The van der Waals surface area contributed by atoms with Crippen molar-refractivity contribution in [1.29, 1.82) is 0 Å². The molecule has 5 atom stereocenters. The van der Waals surface area contributed by atoms with Gasteiger partial charge in [-0.3, -0.25) is 9.63 Å². The number of hydrogen-bond donors (Lipinski definition) is 0.